The molecule has 5 nitrogen and oxygen atoms in total. The lowest BCUT2D eigenvalue weighted by molar-refractivity contribution is -0.128. The molecule has 0 radical (unpaired) electrons. The second-order valence-corrected chi connectivity index (χ2v) is 4.99. The number of hydrogen-bond acceptors (Lipinski definition) is 4. The molecule has 1 aliphatic heterocycles. The van der Waals surface area contributed by atoms with Crippen molar-refractivity contribution in [3.63, 3.8) is 0 Å². The van der Waals surface area contributed by atoms with Gasteiger partial charge in [-0.1, -0.05) is 0 Å². The molecule has 5 heteroatoms. The van der Waals surface area contributed by atoms with E-state index in [0.717, 1.165) is 45.4 Å². The van der Waals surface area contributed by atoms with Crippen molar-refractivity contribution < 1.29 is 4.79 Å². The van der Waals surface area contributed by atoms with Gasteiger partial charge in [0.2, 0.25) is 5.91 Å². The van der Waals surface area contributed by atoms with Crippen molar-refractivity contribution in [2.24, 2.45) is 0 Å². The van der Waals surface area contributed by atoms with Crippen LogP contribution in [0, 0.1) is 0 Å². The highest BCUT2D eigenvalue weighted by atomic mass is 16.2. The summed E-state index contributed by atoms with van der Waals surface area (Å²) in [7, 11) is 5.97. The molecule has 1 rings (SSSR count). The molecule has 0 aliphatic carbocycles. The molecule has 17 heavy (non-hydrogen) atoms. The minimum atomic E-state index is -0.358. The van der Waals surface area contributed by atoms with Crippen LogP contribution in [-0.4, -0.2) is 63.7 Å². The van der Waals surface area contributed by atoms with Gasteiger partial charge in [0.25, 0.3) is 0 Å². The van der Waals surface area contributed by atoms with Crippen molar-refractivity contribution in [3.05, 3.63) is 0 Å². The molecule has 0 aromatic heterocycles. The summed E-state index contributed by atoms with van der Waals surface area (Å²) in [5.41, 5.74) is -0.358. The number of rotatable bonds is 6. The molecule has 1 saturated heterocycles. The molecule has 1 heterocycles. The minimum Gasteiger partial charge on any atom is -0.354 e. The van der Waals surface area contributed by atoms with Crippen LogP contribution >= 0.6 is 0 Å². The van der Waals surface area contributed by atoms with Crippen LogP contribution in [0.15, 0.2) is 0 Å². The Hall–Kier alpha value is -0.650. The number of carbonyl (C=O) groups excluding carboxylic acids is 1. The van der Waals surface area contributed by atoms with E-state index in [0.29, 0.717) is 0 Å². The Morgan fingerprint density at radius 3 is 2.53 bits per heavy atom. The van der Waals surface area contributed by atoms with E-state index in [-0.39, 0.29) is 11.4 Å². The first kappa shape index (κ1) is 14.4. The lowest BCUT2D eigenvalue weighted by Crippen LogP contribution is -2.60. The monoisotopic (exact) mass is 242 g/mol. The van der Waals surface area contributed by atoms with Crippen LogP contribution < -0.4 is 16.0 Å². The van der Waals surface area contributed by atoms with Gasteiger partial charge in [0, 0.05) is 6.54 Å². The van der Waals surface area contributed by atoms with Gasteiger partial charge in [0.15, 0.2) is 0 Å². The second kappa shape index (κ2) is 6.93. The summed E-state index contributed by atoms with van der Waals surface area (Å²) in [5.74, 6) is 0.153. The summed E-state index contributed by atoms with van der Waals surface area (Å²) in [6.07, 6.45) is 2.73. The number of nitrogens with one attached hydrogen (secondary N) is 3. The van der Waals surface area contributed by atoms with Crippen LogP contribution in [-0.2, 0) is 4.79 Å². The van der Waals surface area contributed by atoms with Gasteiger partial charge in [-0.3, -0.25) is 4.79 Å². The first-order valence-corrected chi connectivity index (χ1v) is 6.43. The third-order valence-electron chi connectivity index (χ3n) is 3.44. The van der Waals surface area contributed by atoms with E-state index in [1.54, 1.807) is 0 Å². The van der Waals surface area contributed by atoms with E-state index >= 15 is 0 Å². The topological polar surface area (TPSA) is 56.4 Å². The standard InChI is InChI=1S/C12H26N4O/c1-13-12(5-8-14-9-6-12)11(17)15-7-4-10-16(2)3/h13-14H,4-10H2,1-3H3,(H,15,17). The van der Waals surface area contributed by atoms with E-state index in [9.17, 15) is 4.79 Å². The Morgan fingerprint density at radius 2 is 2.00 bits per heavy atom. The first-order chi connectivity index (χ1) is 8.10. The van der Waals surface area contributed by atoms with Crippen LogP contribution in [0.4, 0.5) is 0 Å². The number of amides is 1. The number of carbonyl (C=O) groups is 1. The molecule has 1 aliphatic rings. The van der Waals surface area contributed by atoms with Gasteiger partial charge in [-0.25, -0.2) is 0 Å². The molecule has 1 amide bonds. The Labute approximate surface area is 104 Å². The van der Waals surface area contributed by atoms with Gasteiger partial charge in [-0.2, -0.15) is 0 Å². The molecule has 3 N–H and O–H groups in total. The van der Waals surface area contributed by atoms with Gasteiger partial charge in [-0.15, -0.1) is 0 Å². The molecule has 1 fully saturated rings. The van der Waals surface area contributed by atoms with Crippen molar-refractivity contribution in [1.82, 2.24) is 20.9 Å². The predicted molar refractivity (Wildman–Crippen MR) is 70.1 cm³/mol. The summed E-state index contributed by atoms with van der Waals surface area (Å²) in [4.78, 5) is 14.3. The zero-order chi connectivity index (χ0) is 12.7. The Bertz CT molecular complexity index is 237. The summed E-state index contributed by atoms with van der Waals surface area (Å²) in [6, 6.07) is 0. The lowest BCUT2D eigenvalue weighted by Gasteiger charge is -2.36. The average molecular weight is 242 g/mol. The predicted octanol–water partition coefficient (Wildman–Crippen LogP) is -0.604. The zero-order valence-corrected chi connectivity index (χ0v) is 11.3. The fourth-order valence-electron chi connectivity index (χ4n) is 2.21. The normalized spacial score (nSPS) is 19.3. The van der Waals surface area contributed by atoms with Crippen LogP contribution in [0.1, 0.15) is 19.3 Å². The molecular formula is C12H26N4O. The number of hydrogen-bond donors (Lipinski definition) is 3. The van der Waals surface area contributed by atoms with E-state index in [1.807, 2.05) is 21.1 Å². The lowest BCUT2D eigenvalue weighted by atomic mass is 9.87. The molecular weight excluding hydrogens is 216 g/mol. The molecule has 0 unspecified atom stereocenters. The van der Waals surface area contributed by atoms with Crippen LogP contribution in [0.25, 0.3) is 0 Å². The van der Waals surface area contributed by atoms with Crippen molar-refractivity contribution in [2.45, 2.75) is 24.8 Å². The Kier molecular flexibility index (Phi) is 5.88. The molecule has 0 atom stereocenters. The first-order valence-electron chi connectivity index (χ1n) is 6.43. The van der Waals surface area contributed by atoms with E-state index in [2.05, 4.69) is 20.9 Å². The molecule has 0 aromatic rings. The highest BCUT2D eigenvalue weighted by Crippen LogP contribution is 2.17. The quantitative estimate of drug-likeness (QED) is 0.544. The smallest absolute Gasteiger partial charge is 0.240 e. The van der Waals surface area contributed by atoms with Crippen LogP contribution in [0.2, 0.25) is 0 Å². The summed E-state index contributed by atoms with van der Waals surface area (Å²) in [5, 5.41) is 9.53. The zero-order valence-electron chi connectivity index (χ0n) is 11.3. The van der Waals surface area contributed by atoms with Gasteiger partial charge in [0.05, 0.1) is 5.54 Å². The third kappa shape index (κ3) is 4.26. The summed E-state index contributed by atoms with van der Waals surface area (Å²) < 4.78 is 0. The van der Waals surface area contributed by atoms with Crippen molar-refractivity contribution in [1.29, 1.82) is 0 Å². The Balaban J connectivity index is 2.33. The molecule has 0 aromatic carbocycles. The van der Waals surface area contributed by atoms with Gasteiger partial charge in [0.1, 0.15) is 0 Å². The van der Waals surface area contributed by atoms with E-state index in [1.165, 1.54) is 0 Å². The average Bonchev–Trinajstić information content (AvgIpc) is 2.35. The molecule has 0 spiro atoms. The maximum atomic E-state index is 12.2. The molecule has 100 valence electrons. The van der Waals surface area contributed by atoms with Gasteiger partial charge < -0.3 is 20.9 Å². The Morgan fingerprint density at radius 1 is 1.35 bits per heavy atom. The van der Waals surface area contributed by atoms with E-state index < -0.39 is 0 Å². The SMILES string of the molecule is CNC1(C(=O)NCCCN(C)C)CCNCC1. The van der Waals surface area contributed by atoms with Crippen LogP contribution in [0.3, 0.4) is 0 Å². The van der Waals surface area contributed by atoms with Crippen LogP contribution in [0.5, 0.6) is 0 Å². The maximum Gasteiger partial charge on any atom is 0.240 e. The number of piperidine rings is 1. The highest BCUT2D eigenvalue weighted by molar-refractivity contribution is 5.86. The van der Waals surface area contributed by atoms with Gasteiger partial charge >= 0.3 is 0 Å². The summed E-state index contributed by atoms with van der Waals surface area (Å²) in [6.45, 7) is 3.58. The van der Waals surface area contributed by atoms with E-state index in [4.69, 9.17) is 0 Å². The molecule has 0 saturated carbocycles. The maximum absolute atomic E-state index is 12.2. The third-order valence-corrected chi connectivity index (χ3v) is 3.44. The van der Waals surface area contributed by atoms with Crippen molar-refractivity contribution in [3.8, 4) is 0 Å². The number of likely N-dealkylation sites (N-methyl/N-ethyl adjacent to an activating group) is 1. The molecule has 0 bridgehead atoms. The van der Waals surface area contributed by atoms with Crippen molar-refractivity contribution in [2.75, 3.05) is 47.3 Å². The fourth-order valence-corrected chi connectivity index (χ4v) is 2.21. The second-order valence-electron chi connectivity index (χ2n) is 4.99. The van der Waals surface area contributed by atoms with Gasteiger partial charge in [-0.05, 0) is 60.0 Å². The largest absolute Gasteiger partial charge is 0.354 e. The highest BCUT2D eigenvalue weighted by Gasteiger charge is 2.37. The number of nitrogens with zero attached hydrogens (tertiary/aromatic N) is 1. The van der Waals surface area contributed by atoms with Crippen molar-refractivity contribution >= 4 is 5.91 Å². The fraction of sp³-hybridized carbons (Fsp3) is 0.917. The summed E-state index contributed by atoms with van der Waals surface area (Å²) >= 11 is 0. The minimum absolute atomic E-state index is 0.153.